The van der Waals surface area contributed by atoms with Gasteiger partial charge in [0, 0.05) is 25.9 Å². The molecule has 1 aliphatic rings. The molecular formula is C22H26CsF5N3OS-. The van der Waals surface area contributed by atoms with E-state index in [9.17, 15) is 26.7 Å². The van der Waals surface area contributed by atoms with Gasteiger partial charge in [-0.3, -0.25) is 4.79 Å². The van der Waals surface area contributed by atoms with Crippen molar-refractivity contribution in [3.05, 3.63) is 60.6 Å². The number of aromatic nitrogens is 1. The molecule has 0 atom stereocenters. The summed E-state index contributed by atoms with van der Waals surface area (Å²) in [5.41, 5.74) is -1.31. The third-order valence-electron chi connectivity index (χ3n) is 4.73. The summed E-state index contributed by atoms with van der Waals surface area (Å²) in [6.45, 7) is 1.25. The Morgan fingerprint density at radius 2 is 1.91 bits per heavy atom. The number of nitrogens with one attached hydrogen (secondary N) is 1. The monoisotopic (exact) mass is 608 g/mol. The van der Waals surface area contributed by atoms with Crippen LogP contribution >= 0.6 is 12.6 Å². The minimum atomic E-state index is -4.70. The number of aryl methyl sites for hydroxylation is 1. The molecular weight excluding hydrogens is 582 g/mol. The van der Waals surface area contributed by atoms with Crippen LogP contribution in [-0.4, -0.2) is 36.2 Å². The van der Waals surface area contributed by atoms with E-state index in [0.29, 0.717) is 5.69 Å². The Morgan fingerprint density at radius 1 is 1.24 bits per heavy atom. The normalized spacial score (nSPS) is 15.1. The van der Waals surface area contributed by atoms with Gasteiger partial charge in [0.05, 0.1) is 16.8 Å². The number of thiol groups is 1. The van der Waals surface area contributed by atoms with E-state index in [1.54, 1.807) is 24.5 Å². The van der Waals surface area contributed by atoms with E-state index in [4.69, 9.17) is 0 Å². The van der Waals surface area contributed by atoms with Crippen LogP contribution in [0.5, 0.6) is 0 Å². The van der Waals surface area contributed by atoms with Gasteiger partial charge in [0.25, 0.3) is 0 Å². The number of hydrogen-bond acceptors (Lipinski definition) is 4. The number of rotatable bonds is 3. The number of pyridine rings is 1. The van der Waals surface area contributed by atoms with Gasteiger partial charge >= 0.3 is 75.1 Å². The maximum atomic E-state index is 13.7. The van der Waals surface area contributed by atoms with Crippen molar-refractivity contribution < 1.29 is 95.6 Å². The molecule has 1 amide bonds. The van der Waals surface area contributed by atoms with Crippen molar-refractivity contribution in [2.75, 3.05) is 29.6 Å². The second kappa shape index (κ2) is 14.3. The number of halogens is 5. The molecule has 1 aromatic carbocycles. The molecule has 1 fully saturated rings. The number of hydrogen-bond donors (Lipinski definition) is 2. The van der Waals surface area contributed by atoms with Crippen LogP contribution in [0.15, 0.2) is 30.3 Å². The Labute approximate surface area is 255 Å². The standard InChI is InChI=1S/C20H19F5N3O.CH4S.CH3.Cs/c1-13-16(20(23,24)25)12-15(18(29)27-14-6-3-2-4-7-14)17(26-13)28-10-5-8-19(21,22)9-11-28;1-2;;/h2-3,6-7,12H,5,8-11H2,1H3,(H,27,29);2H,1H3;1H3;/q-1;;-1;+1. The fourth-order valence-corrected chi connectivity index (χ4v) is 3.23. The molecule has 11 heteroatoms. The third kappa shape index (κ3) is 9.34. The maximum Gasteiger partial charge on any atom is 1.00 e. The summed E-state index contributed by atoms with van der Waals surface area (Å²) in [6, 6.07) is 9.74. The van der Waals surface area contributed by atoms with Crippen molar-refractivity contribution in [3.8, 4) is 0 Å². The molecule has 0 unspecified atom stereocenters. The topological polar surface area (TPSA) is 45.2 Å². The van der Waals surface area contributed by atoms with E-state index in [0.717, 1.165) is 6.07 Å². The molecule has 3 rings (SSSR count). The average molecular weight is 608 g/mol. The quantitative estimate of drug-likeness (QED) is 0.320. The largest absolute Gasteiger partial charge is 1.00 e. The van der Waals surface area contributed by atoms with E-state index in [1.165, 1.54) is 17.9 Å². The smallest absolute Gasteiger partial charge is 0.375 e. The van der Waals surface area contributed by atoms with Crippen LogP contribution < -0.4 is 79.1 Å². The average Bonchev–Trinajstić information content (AvgIpc) is 2.89. The van der Waals surface area contributed by atoms with Crippen LogP contribution in [0.25, 0.3) is 0 Å². The van der Waals surface area contributed by atoms with E-state index in [2.05, 4.69) is 29.0 Å². The number of amides is 1. The van der Waals surface area contributed by atoms with Crippen LogP contribution in [0.1, 0.15) is 40.9 Å². The molecule has 2 aromatic rings. The summed E-state index contributed by atoms with van der Waals surface area (Å²) in [5, 5.41) is 2.52. The predicted molar refractivity (Wildman–Crippen MR) is 120 cm³/mol. The molecule has 178 valence electrons. The van der Waals surface area contributed by atoms with Gasteiger partial charge in [0.2, 0.25) is 11.8 Å². The second-order valence-corrected chi connectivity index (χ2v) is 6.93. The Kier molecular flexibility index (Phi) is 14.2. The van der Waals surface area contributed by atoms with Gasteiger partial charge in [-0.1, -0.05) is 5.69 Å². The van der Waals surface area contributed by atoms with Crippen molar-refractivity contribution in [2.45, 2.75) is 38.3 Å². The molecule has 0 radical (unpaired) electrons. The fraction of sp³-hybridized carbons (Fsp3) is 0.409. The number of nitrogens with zero attached hydrogens (tertiary/aromatic N) is 2. The van der Waals surface area contributed by atoms with Gasteiger partial charge in [0.15, 0.2) is 0 Å². The Morgan fingerprint density at radius 3 is 2.48 bits per heavy atom. The molecule has 0 aliphatic carbocycles. The SMILES string of the molecule is CS.Cc1nc(N2CCCC(F)(F)CC2)c(C(=O)Nc2c[c-]ccc2)cc1C(F)(F)F.[CH3-].[Cs+]. The maximum absolute atomic E-state index is 13.7. The molecule has 1 aromatic heterocycles. The minimum Gasteiger partial charge on any atom is -0.375 e. The van der Waals surface area contributed by atoms with Crippen molar-refractivity contribution in [1.82, 2.24) is 4.98 Å². The fourth-order valence-electron chi connectivity index (χ4n) is 3.23. The first-order valence-corrected chi connectivity index (χ1v) is 10.4. The number of carbonyl (C=O) groups is 1. The van der Waals surface area contributed by atoms with Crippen molar-refractivity contribution in [3.63, 3.8) is 0 Å². The summed E-state index contributed by atoms with van der Waals surface area (Å²) in [6.07, 6.45) is -3.63. The summed E-state index contributed by atoms with van der Waals surface area (Å²) in [4.78, 5) is 18.2. The van der Waals surface area contributed by atoms with Gasteiger partial charge in [-0.15, -0.1) is 6.07 Å². The minimum absolute atomic E-state index is 0. The van der Waals surface area contributed by atoms with Crippen molar-refractivity contribution in [1.29, 1.82) is 0 Å². The Balaban J connectivity index is 0.00000249. The zero-order chi connectivity index (χ0) is 23.2. The van der Waals surface area contributed by atoms with E-state index in [1.807, 2.05) is 0 Å². The molecule has 2 heterocycles. The molecule has 1 saturated heterocycles. The van der Waals surface area contributed by atoms with Crippen LogP contribution in [0.3, 0.4) is 0 Å². The third-order valence-corrected chi connectivity index (χ3v) is 4.73. The number of alkyl halides is 5. The number of benzene rings is 1. The first kappa shape index (κ1) is 32.7. The summed E-state index contributed by atoms with van der Waals surface area (Å²) < 4.78 is 67.6. The van der Waals surface area contributed by atoms with Crippen LogP contribution in [0, 0.1) is 20.4 Å². The molecule has 1 N–H and O–H groups in total. The van der Waals surface area contributed by atoms with Gasteiger partial charge in [-0.2, -0.15) is 50.1 Å². The summed E-state index contributed by atoms with van der Waals surface area (Å²) in [7, 11) is 0. The Bertz CT molecular complexity index is 898. The van der Waals surface area contributed by atoms with Crippen molar-refractivity contribution in [2.24, 2.45) is 0 Å². The Hall–Kier alpha value is -0.308. The molecule has 33 heavy (non-hydrogen) atoms. The van der Waals surface area contributed by atoms with E-state index < -0.39 is 30.0 Å². The molecule has 4 nitrogen and oxygen atoms in total. The molecule has 0 spiro atoms. The van der Waals surface area contributed by atoms with Gasteiger partial charge < -0.3 is 17.6 Å². The van der Waals surface area contributed by atoms with Crippen molar-refractivity contribution >= 4 is 30.0 Å². The van der Waals surface area contributed by atoms with Gasteiger partial charge in [0.1, 0.15) is 5.82 Å². The molecule has 0 bridgehead atoms. The second-order valence-electron chi connectivity index (χ2n) is 6.93. The van der Waals surface area contributed by atoms with E-state index >= 15 is 0 Å². The predicted octanol–water partition coefficient (Wildman–Crippen LogP) is 3.09. The van der Waals surface area contributed by atoms with Crippen LogP contribution in [0.4, 0.5) is 33.5 Å². The summed E-state index contributed by atoms with van der Waals surface area (Å²) in [5.74, 6) is -3.67. The molecule has 1 aliphatic heterocycles. The van der Waals surface area contributed by atoms with E-state index in [-0.39, 0.29) is 119 Å². The van der Waals surface area contributed by atoms with Gasteiger partial charge in [-0.25, -0.2) is 13.8 Å². The van der Waals surface area contributed by atoms with Crippen LogP contribution in [0.2, 0.25) is 0 Å². The number of carbonyl (C=O) groups excluding carboxylic acids is 1. The zero-order valence-corrected chi connectivity index (χ0v) is 26.2. The first-order valence-electron chi connectivity index (χ1n) is 9.51. The first-order chi connectivity index (χ1) is 14.6. The van der Waals surface area contributed by atoms with Crippen LogP contribution in [-0.2, 0) is 6.18 Å². The summed E-state index contributed by atoms with van der Waals surface area (Å²) >= 11 is 3.53. The molecule has 0 saturated carbocycles. The number of anilines is 2. The zero-order valence-electron chi connectivity index (χ0n) is 19.1. The van der Waals surface area contributed by atoms with Gasteiger partial charge in [-0.05, 0) is 25.7 Å².